The Morgan fingerprint density at radius 2 is 1.71 bits per heavy atom. The van der Waals surface area contributed by atoms with Gasteiger partial charge in [-0.25, -0.2) is 0 Å². The minimum Gasteiger partial charge on any atom is -0.336 e. The van der Waals surface area contributed by atoms with Gasteiger partial charge in [0.1, 0.15) is 5.69 Å². The molecule has 0 fully saturated rings. The number of nitrogens with zero attached hydrogens (tertiary/aromatic N) is 5. The maximum atomic E-state index is 12.6. The van der Waals surface area contributed by atoms with Crippen LogP contribution in [0.4, 0.5) is 0 Å². The first-order valence-corrected chi connectivity index (χ1v) is 7.05. The van der Waals surface area contributed by atoms with Gasteiger partial charge in [0, 0.05) is 38.9 Å². The number of carbonyl (C=O) groups excluding carboxylic acids is 1. The van der Waals surface area contributed by atoms with Crippen molar-refractivity contribution in [2.24, 2.45) is 14.1 Å². The van der Waals surface area contributed by atoms with Crippen LogP contribution in [0.5, 0.6) is 0 Å². The maximum absolute atomic E-state index is 12.6. The second-order valence-corrected chi connectivity index (χ2v) is 5.68. The molecule has 114 valence electrons. The first kappa shape index (κ1) is 15.6. The van der Waals surface area contributed by atoms with Gasteiger partial charge in [0.15, 0.2) is 0 Å². The third-order valence-corrected chi connectivity index (χ3v) is 4.21. The maximum Gasteiger partial charge on any atom is 0.273 e. The summed E-state index contributed by atoms with van der Waals surface area (Å²) in [4.78, 5) is 14.2. The lowest BCUT2D eigenvalue weighted by molar-refractivity contribution is 0.0774. The Hall–Kier alpha value is -1.82. The van der Waals surface area contributed by atoms with E-state index in [1.54, 1.807) is 25.9 Å². The van der Waals surface area contributed by atoms with Crippen LogP contribution in [-0.2, 0) is 20.6 Å². The van der Waals surface area contributed by atoms with Crippen LogP contribution < -0.4 is 0 Å². The Bertz CT molecular complexity index is 701. The standard InChI is InChI=1S/C14H20ClN5O/c1-8-11(10(3)19(5)16-8)7-18(4)14(21)13-12(15)9(2)17-20(13)6/h7H2,1-6H3. The van der Waals surface area contributed by atoms with Crippen LogP contribution >= 0.6 is 11.6 Å². The number of hydrogen-bond donors (Lipinski definition) is 0. The molecule has 0 spiro atoms. The normalized spacial score (nSPS) is 11.0. The molecule has 2 heterocycles. The van der Waals surface area contributed by atoms with Crippen molar-refractivity contribution in [2.45, 2.75) is 27.3 Å². The third kappa shape index (κ3) is 2.68. The lowest BCUT2D eigenvalue weighted by Gasteiger charge is -2.17. The van der Waals surface area contributed by atoms with E-state index in [1.165, 1.54) is 4.68 Å². The van der Waals surface area contributed by atoms with E-state index in [2.05, 4.69) is 10.2 Å². The van der Waals surface area contributed by atoms with Crippen LogP contribution in [0.15, 0.2) is 0 Å². The van der Waals surface area contributed by atoms with E-state index in [0.717, 1.165) is 17.0 Å². The van der Waals surface area contributed by atoms with E-state index in [9.17, 15) is 4.79 Å². The molecule has 7 heteroatoms. The molecule has 6 nitrogen and oxygen atoms in total. The average molecular weight is 310 g/mol. The zero-order valence-electron chi connectivity index (χ0n) is 13.2. The van der Waals surface area contributed by atoms with Gasteiger partial charge in [-0.1, -0.05) is 11.6 Å². The fourth-order valence-corrected chi connectivity index (χ4v) is 2.64. The molecule has 0 saturated heterocycles. The molecule has 0 atom stereocenters. The monoisotopic (exact) mass is 309 g/mol. The van der Waals surface area contributed by atoms with Crippen LogP contribution in [0.1, 0.15) is 33.1 Å². The van der Waals surface area contributed by atoms with E-state index in [0.29, 0.717) is 23.0 Å². The van der Waals surface area contributed by atoms with Crippen molar-refractivity contribution >= 4 is 17.5 Å². The molecular weight excluding hydrogens is 290 g/mol. The zero-order valence-corrected chi connectivity index (χ0v) is 14.0. The molecule has 0 N–H and O–H groups in total. The molecule has 21 heavy (non-hydrogen) atoms. The Kier molecular flexibility index (Phi) is 4.09. The SMILES string of the molecule is Cc1nn(C)c(C(=O)N(C)Cc2c(C)nn(C)c2C)c1Cl. The first-order chi connectivity index (χ1) is 9.73. The molecule has 2 aromatic heterocycles. The van der Waals surface area contributed by atoms with Gasteiger partial charge in [-0.05, 0) is 20.8 Å². The van der Waals surface area contributed by atoms with Crippen molar-refractivity contribution in [3.05, 3.63) is 33.4 Å². The molecule has 0 unspecified atom stereocenters. The van der Waals surface area contributed by atoms with Gasteiger partial charge in [-0.3, -0.25) is 14.2 Å². The summed E-state index contributed by atoms with van der Waals surface area (Å²) in [7, 11) is 5.38. The second-order valence-electron chi connectivity index (χ2n) is 5.31. The zero-order chi connectivity index (χ0) is 15.9. The van der Waals surface area contributed by atoms with Crippen molar-refractivity contribution in [3.8, 4) is 0 Å². The van der Waals surface area contributed by atoms with Gasteiger partial charge in [-0.2, -0.15) is 10.2 Å². The van der Waals surface area contributed by atoms with Gasteiger partial charge in [0.05, 0.1) is 16.4 Å². The first-order valence-electron chi connectivity index (χ1n) is 6.67. The van der Waals surface area contributed by atoms with Crippen LogP contribution in [0.25, 0.3) is 0 Å². The van der Waals surface area contributed by atoms with E-state index in [-0.39, 0.29) is 5.91 Å². The van der Waals surface area contributed by atoms with E-state index < -0.39 is 0 Å². The lowest BCUT2D eigenvalue weighted by atomic mass is 10.2. The molecule has 2 rings (SSSR count). The van der Waals surface area contributed by atoms with Gasteiger partial charge in [0.25, 0.3) is 5.91 Å². The average Bonchev–Trinajstić information content (AvgIpc) is 2.79. The van der Waals surface area contributed by atoms with E-state index in [4.69, 9.17) is 11.6 Å². The number of aryl methyl sites for hydroxylation is 4. The number of hydrogen-bond acceptors (Lipinski definition) is 3. The predicted octanol–water partition coefficient (Wildman–Crippen LogP) is 2.00. The summed E-state index contributed by atoms with van der Waals surface area (Å²) in [5.41, 5.74) is 4.12. The number of amides is 1. The Labute approximate surface area is 129 Å². The molecule has 0 bridgehead atoms. The highest BCUT2D eigenvalue weighted by molar-refractivity contribution is 6.34. The summed E-state index contributed by atoms with van der Waals surface area (Å²) in [6, 6.07) is 0. The number of aromatic nitrogens is 4. The van der Waals surface area contributed by atoms with Crippen molar-refractivity contribution in [1.29, 1.82) is 0 Å². The van der Waals surface area contributed by atoms with Crippen LogP contribution in [0.3, 0.4) is 0 Å². The molecule has 1 amide bonds. The lowest BCUT2D eigenvalue weighted by Crippen LogP contribution is -2.28. The summed E-state index contributed by atoms with van der Waals surface area (Å²) in [5.74, 6) is -0.147. The van der Waals surface area contributed by atoms with Gasteiger partial charge < -0.3 is 4.90 Å². The minimum absolute atomic E-state index is 0.147. The largest absolute Gasteiger partial charge is 0.336 e. The summed E-state index contributed by atoms with van der Waals surface area (Å²) in [6.45, 7) is 6.22. The second kappa shape index (κ2) is 5.52. The highest BCUT2D eigenvalue weighted by atomic mass is 35.5. The molecule has 0 saturated carbocycles. The highest BCUT2D eigenvalue weighted by Crippen LogP contribution is 2.22. The molecule has 2 aromatic rings. The summed E-state index contributed by atoms with van der Waals surface area (Å²) < 4.78 is 3.35. The number of halogens is 1. The molecule has 0 radical (unpaired) electrons. The van der Waals surface area contributed by atoms with Crippen LogP contribution in [0.2, 0.25) is 5.02 Å². The predicted molar refractivity (Wildman–Crippen MR) is 81.4 cm³/mol. The Morgan fingerprint density at radius 1 is 1.14 bits per heavy atom. The Morgan fingerprint density at radius 3 is 2.14 bits per heavy atom. The van der Waals surface area contributed by atoms with Crippen LogP contribution in [-0.4, -0.2) is 37.4 Å². The summed E-state index contributed by atoms with van der Waals surface area (Å²) in [6.07, 6.45) is 0. The molecule has 0 aliphatic rings. The fraction of sp³-hybridized carbons (Fsp3) is 0.500. The topological polar surface area (TPSA) is 56.0 Å². The summed E-state index contributed by atoms with van der Waals surface area (Å²) >= 11 is 6.18. The minimum atomic E-state index is -0.147. The smallest absolute Gasteiger partial charge is 0.273 e. The fourth-order valence-electron chi connectivity index (χ4n) is 2.40. The molecule has 0 aliphatic carbocycles. The Balaban J connectivity index is 2.28. The van der Waals surface area contributed by atoms with E-state index in [1.807, 2.05) is 25.6 Å². The number of carbonyl (C=O) groups is 1. The van der Waals surface area contributed by atoms with Crippen molar-refractivity contribution in [1.82, 2.24) is 24.5 Å². The van der Waals surface area contributed by atoms with Crippen molar-refractivity contribution in [2.75, 3.05) is 7.05 Å². The van der Waals surface area contributed by atoms with Crippen molar-refractivity contribution in [3.63, 3.8) is 0 Å². The molecule has 0 aliphatic heterocycles. The highest BCUT2D eigenvalue weighted by Gasteiger charge is 2.23. The molecular formula is C14H20ClN5O. The number of rotatable bonds is 3. The van der Waals surface area contributed by atoms with Crippen LogP contribution in [0, 0.1) is 20.8 Å². The van der Waals surface area contributed by atoms with Gasteiger partial charge in [-0.15, -0.1) is 0 Å². The summed E-state index contributed by atoms with van der Waals surface area (Å²) in [5, 5.41) is 8.96. The van der Waals surface area contributed by atoms with Gasteiger partial charge in [0.2, 0.25) is 0 Å². The molecule has 0 aromatic carbocycles. The van der Waals surface area contributed by atoms with Gasteiger partial charge >= 0.3 is 0 Å². The third-order valence-electron chi connectivity index (χ3n) is 3.75. The quantitative estimate of drug-likeness (QED) is 0.871. The van der Waals surface area contributed by atoms with Crippen molar-refractivity contribution < 1.29 is 4.79 Å². The van der Waals surface area contributed by atoms with E-state index >= 15 is 0 Å².